The molecule has 144 valence electrons. The lowest BCUT2D eigenvalue weighted by Crippen LogP contribution is -2.25. The molecule has 3 N–H and O–H groups in total. The van der Waals surface area contributed by atoms with Crippen LogP contribution in [-0.2, 0) is 4.79 Å². The number of phenols is 1. The Bertz CT molecular complexity index is 992. The molecule has 0 aliphatic rings. The minimum Gasteiger partial charge on any atom is -0.502 e. The number of hydrogen-bond acceptors (Lipinski definition) is 6. The van der Waals surface area contributed by atoms with Crippen LogP contribution in [0.25, 0.3) is 10.8 Å². The first kappa shape index (κ1) is 19.0. The summed E-state index contributed by atoms with van der Waals surface area (Å²) in [6.45, 7) is 0.0813. The van der Waals surface area contributed by atoms with Gasteiger partial charge in [-0.2, -0.15) is 5.10 Å². The average molecular weight is 379 g/mol. The normalized spacial score (nSPS) is 10.8. The summed E-state index contributed by atoms with van der Waals surface area (Å²) in [4.78, 5) is 12.0. The molecular formula is C21H21N3O4. The second-order valence-electron chi connectivity index (χ2n) is 5.98. The van der Waals surface area contributed by atoms with Gasteiger partial charge in [-0.05, 0) is 35.0 Å². The fourth-order valence-corrected chi connectivity index (χ4v) is 2.69. The third-order valence-corrected chi connectivity index (χ3v) is 4.11. The number of carbonyl (C=O) groups excluding carboxylic acids is 1. The zero-order valence-corrected chi connectivity index (χ0v) is 15.6. The molecule has 7 heteroatoms. The Morgan fingerprint density at radius 1 is 1.04 bits per heavy atom. The van der Waals surface area contributed by atoms with Crippen molar-refractivity contribution in [2.75, 3.05) is 26.1 Å². The summed E-state index contributed by atoms with van der Waals surface area (Å²) in [5.41, 5.74) is 3.91. The van der Waals surface area contributed by atoms with Crippen LogP contribution in [0.15, 0.2) is 59.7 Å². The predicted octanol–water partition coefficient (Wildman–Crippen LogP) is 3.12. The van der Waals surface area contributed by atoms with Gasteiger partial charge in [0.2, 0.25) is 5.75 Å². The van der Waals surface area contributed by atoms with Gasteiger partial charge in [-0.15, -0.1) is 0 Å². The predicted molar refractivity (Wildman–Crippen MR) is 109 cm³/mol. The van der Waals surface area contributed by atoms with Crippen LogP contribution in [0, 0.1) is 0 Å². The van der Waals surface area contributed by atoms with E-state index < -0.39 is 0 Å². The van der Waals surface area contributed by atoms with Crippen molar-refractivity contribution in [3.05, 3.63) is 60.2 Å². The number of hydrogen-bond donors (Lipinski definition) is 3. The average Bonchev–Trinajstić information content (AvgIpc) is 2.73. The highest BCUT2D eigenvalue weighted by molar-refractivity contribution is 5.88. The molecule has 0 unspecified atom stereocenters. The molecule has 0 bridgehead atoms. The smallest absolute Gasteiger partial charge is 0.259 e. The quantitative estimate of drug-likeness (QED) is 0.433. The molecule has 1 amide bonds. The first-order valence-electron chi connectivity index (χ1n) is 8.60. The third-order valence-electron chi connectivity index (χ3n) is 4.11. The number of amides is 1. The number of fused-ring (bicyclic) bond motifs is 1. The van der Waals surface area contributed by atoms with Crippen LogP contribution in [0.1, 0.15) is 5.56 Å². The van der Waals surface area contributed by atoms with Crippen LogP contribution in [0.2, 0.25) is 0 Å². The zero-order chi connectivity index (χ0) is 19.9. The summed E-state index contributed by atoms with van der Waals surface area (Å²) in [5, 5.41) is 19.1. The molecule has 3 aromatic carbocycles. The molecule has 0 radical (unpaired) electrons. The topological polar surface area (TPSA) is 92.2 Å². The highest BCUT2D eigenvalue weighted by Gasteiger charge is 2.10. The maximum absolute atomic E-state index is 12.0. The second-order valence-corrected chi connectivity index (χ2v) is 5.98. The Morgan fingerprint density at radius 2 is 1.71 bits per heavy atom. The Kier molecular flexibility index (Phi) is 5.96. The molecule has 0 fully saturated rings. The number of nitrogens with zero attached hydrogens (tertiary/aromatic N) is 1. The minimum absolute atomic E-state index is 0.0813. The van der Waals surface area contributed by atoms with E-state index in [2.05, 4.69) is 15.8 Å². The van der Waals surface area contributed by atoms with E-state index in [1.807, 2.05) is 42.5 Å². The van der Waals surface area contributed by atoms with Crippen molar-refractivity contribution < 1.29 is 19.4 Å². The van der Waals surface area contributed by atoms with E-state index in [1.54, 1.807) is 12.1 Å². The van der Waals surface area contributed by atoms with Gasteiger partial charge >= 0.3 is 0 Å². The molecule has 0 spiro atoms. The fourth-order valence-electron chi connectivity index (χ4n) is 2.69. The van der Waals surface area contributed by atoms with E-state index >= 15 is 0 Å². The summed E-state index contributed by atoms with van der Waals surface area (Å²) < 4.78 is 10.2. The fraction of sp³-hybridized carbons (Fsp3) is 0.143. The molecule has 0 aliphatic carbocycles. The van der Waals surface area contributed by atoms with Crippen molar-refractivity contribution in [3.63, 3.8) is 0 Å². The lowest BCUT2D eigenvalue weighted by Gasteiger charge is -2.09. The van der Waals surface area contributed by atoms with Crippen molar-refractivity contribution in [1.29, 1.82) is 0 Å². The number of benzene rings is 3. The first-order chi connectivity index (χ1) is 13.6. The number of ether oxygens (including phenoxy) is 2. The monoisotopic (exact) mass is 379 g/mol. The van der Waals surface area contributed by atoms with Gasteiger partial charge in [-0.25, -0.2) is 5.43 Å². The van der Waals surface area contributed by atoms with E-state index in [0.717, 1.165) is 16.5 Å². The number of phenolic OH excluding ortho intramolecular Hbond substituents is 1. The molecule has 0 atom stereocenters. The van der Waals surface area contributed by atoms with Crippen molar-refractivity contribution >= 4 is 28.6 Å². The molecule has 3 rings (SSSR count). The van der Waals surface area contributed by atoms with Gasteiger partial charge in [-0.1, -0.05) is 30.3 Å². The van der Waals surface area contributed by atoms with Crippen LogP contribution < -0.4 is 20.2 Å². The summed E-state index contributed by atoms with van der Waals surface area (Å²) in [6.07, 6.45) is 1.44. The number of rotatable bonds is 7. The third kappa shape index (κ3) is 4.50. The first-order valence-corrected chi connectivity index (χ1v) is 8.60. The molecule has 7 nitrogen and oxygen atoms in total. The lowest BCUT2D eigenvalue weighted by molar-refractivity contribution is -0.119. The van der Waals surface area contributed by atoms with E-state index in [0.29, 0.717) is 5.56 Å². The number of nitrogens with one attached hydrogen (secondary N) is 2. The second kappa shape index (κ2) is 8.77. The molecule has 0 aliphatic heterocycles. The lowest BCUT2D eigenvalue weighted by atomic mass is 10.1. The molecule has 0 saturated carbocycles. The molecule has 0 saturated heterocycles. The SMILES string of the molecule is COc1cc(/C=N/NC(=O)CNc2ccc3ccccc3c2)cc(OC)c1O. The van der Waals surface area contributed by atoms with Gasteiger partial charge in [0.1, 0.15) is 0 Å². The van der Waals surface area contributed by atoms with E-state index in [4.69, 9.17) is 9.47 Å². The Morgan fingerprint density at radius 3 is 2.39 bits per heavy atom. The van der Waals surface area contributed by atoms with Crippen molar-refractivity contribution in [1.82, 2.24) is 5.43 Å². The van der Waals surface area contributed by atoms with Gasteiger partial charge in [-0.3, -0.25) is 4.79 Å². The largest absolute Gasteiger partial charge is 0.502 e. The molecule has 0 aromatic heterocycles. The molecule has 28 heavy (non-hydrogen) atoms. The number of carbonyl (C=O) groups is 1. The van der Waals surface area contributed by atoms with Crippen molar-refractivity contribution in [3.8, 4) is 17.2 Å². The summed E-state index contributed by atoms with van der Waals surface area (Å²) >= 11 is 0. The summed E-state index contributed by atoms with van der Waals surface area (Å²) in [6, 6.07) is 17.1. The molecular weight excluding hydrogens is 358 g/mol. The molecule has 0 heterocycles. The highest BCUT2D eigenvalue weighted by Crippen LogP contribution is 2.36. The van der Waals surface area contributed by atoms with Crippen molar-refractivity contribution in [2.45, 2.75) is 0 Å². The standard InChI is InChI=1S/C21H21N3O4/c1-27-18-9-14(10-19(28-2)21(18)26)12-23-24-20(25)13-22-17-8-7-15-5-3-4-6-16(15)11-17/h3-12,22,26H,13H2,1-2H3,(H,24,25)/b23-12+. The van der Waals surface area contributed by atoms with Crippen LogP contribution >= 0.6 is 0 Å². The van der Waals surface area contributed by atoms with Gasteiger partial charge in [0.25, 0.3) is 5.91 Å². The number of anilines is 1. The van der Waals surface area contributed by atoms with Gasteiger partial charge in [0.05, 0.1) is 27.0 Å². The zero-order valence-electron chi connectivity index (χ0n) is 15.6. The van der Waals surface area contributed by atoms with E-state index in [1.165, 1.54) is 20.4 Å². The van der Waals surface area contributed by atoms with E-state index in [9.17, 15) is 9.90 Å². The Labute approximate surface area is 162 Å². The Hall–Kier alpha value is -3.74. The minimum atomic E-state index is -0.290. The number of hydrazone groups is 1. The summed E-state index contributed by atoms with van der Waals surface area (Å²) in [7, 11) is 2.88. The van der Waals surface area contributed by atoms with Gasteiger partial charge < -0.3 is 19.9 Å². The molecule has 3 aromatic rings. The van der Waals surface area contributed by atoms with Crippen LogP contribution in [0.3, 0.4) is 0 Å². The number of methoxy groups -OCH3 is 2. The summed E-state index contributed by atoms with van der Waals surface area (Å²) in [5.74, 6) is 0.128. The maximum atomic E-state index is 12.0. The highest BCUT2D eigenvalue weighted by atomic mass is 16.5. The van der Waals surface area contributed by atoms with Crippen LogP contribution in [0.4, 0.5) is 5.69 Å². The number of aromatic hydroxyl groups is 1. The maximum Gasteiger partial charge on any atom is 0.259 e. The van der Waals surface area contributed by atoms with E-state index in [-0.39, 0.29) is 29.7 Å². The van der Waals surface area contributed by atoms with Gasteiger partial charge in [0, 0.05) is 11.3 Å². The van der Waals surface area contributed by atoms with Crippen molar-refractivity contribution in [2.24, 2.45) is 5.10 Å². The van der Waals surface area contributed by atoms with Crippen LogP contribution in [-0.4, -0.2) is 38.0 Å². The van der Waals surface area contributed by atoms with Crippen LogP contribution in [0.5, 0.6) is 17.2 Å². The Balaban J connectivity index is 1.57. The van der Waals surface area contributed by atoms with Gasteiger partial charge in [0.15, 0.2) is 11.5 Å².